The van der Waals surface area contributed by atoms with E-state index in [-0.39, 0.29) is 0 Å². The van der Waals surface area contributed by atoms with E-state index in [2.05, 4.69) is 145 Å². The third-order valence-corrected chi connectivity index (χ3v) is 5.83. The number of hydrogen-bond donors (Lipinski definition) is 0. The molecule has 0 aliphatic rings. The molecule has 0 heterocycles. The molecule has 0 aliphatic heterocycles. The molecular weight excluding hydrogens is 388 g/mol. The quantitative estimate of drug-likeness (QED) is 0.287. The first-order valence-corrected chi connectivity index (χ1v) is 10.9. The summed E-state index contributed by atoms with van der Waals surface area (Å²) in [7, 11) is 4.21. The van der Waals surface area contributed by atoms with Crippen LogP contribution in [0.5, 0.6) is 0 Å². The molecule has 0 spiro atoms. The maximum absolute atomic E-state index is 2.35. The summed E-state index contributed by atoms with van der Waals surface area (Å²) >= 11 is 0. The fourth-order valence-electron chi connectivity index (χ4n) is 4.30. The van der Waals surface area contributed by atoms with Gasteiger partial charge in [-0.2, -0.15) is 0 Å². The number of benzene rings is 5. The molecule has 5 aromatic rings. The van der Waals surface area contributed by atoms with Gasteiger partial charge in [0.25, 0.3) is 0 Å². The van der Waals surface area contributed by atoms with Gasteiger partial charge in [0.15, 0.2) is 0 Å². The van der Waals surface area contributed by atoms with Crippen molar-refractivity contribution in [1.29, 1.82) is 0 Å². The van der Waals surface area contributed by atoms with Gasteiger partial charge in [0.2, 0.25) is 0 Å². The first kappa shape index (κ1) is 19.9. The SMILES string of the molecule is CN(C)c1cc(N(c2ccccc2)c2cccc3ccccc23)ccc1-c1ccccc1. The number of anilines is 4. The second-order valence-electron chi connectivity index (χ2n) is 8.13. The minimum Gasteiger partial charge on any atom is -0.377 e. The van der Waals surface area contributed by atoms with E-state index >= 15 is 0 Å². The lowest BCUT2D eigenvalue weighted by Gasteiger charge is -2.29. The molecule has 0 unspecified atom stereocenters. The van der Waals surface area contributed by atoms with Gasteiger partial charge in [0.05, 0.1) is 5.69 Å². The molecule has 2 heteroatoms. The molecule has 5 aromatic carbocycles. The van der Waals surface area contributed by atoms with Crippen molar-refractivity contribution in [2.45, 2.75) is 0 Å². The molecule has 32 heavy (non-hydrogen) atoms. The van der Waals surface area contributed by atoms with Crippen LogP contribution in [-0.4, -0.2) is 14.1 Å². The van der Waals surface area contributed by atoms with Gasteiger partial charge in [0.1, 0.15) is 0 Å². The van der Waals surface area contributed by atoms with Gasteiger partial charge in [-0.1, -0.05) is 91.0 Å². The predicted molar refractivity (Wildman–Crippen MR) is 138 cm³/mol. The topological polar surface area (TPSA) is 6.48 Å². The first-order valence-electron chi connectivity index (χ1n) is 10.9. The zero-order valence-corrected chi connectivity index (χ0v) is 18.4. The lowest BCUT2D eigenvalue weighted by Crippen LogP contribution is -2.14. The van der Waals surface area contributed by atoms with E-state index in [1.807, 2.05) is 0 Å². The van der Waals surface area contributed by atoms with Gasteiger partial charge < -0.3 is 9.80 Å². The highest BCUT2D eigenvalue weighted by atomic mass is 15.1. The Labute approximate surface area is 190 Å². The van der Waals surface area contributed by atoms with Crippen LogP contribution in [0.15, 0.2) is 121 Å². The van der Waals surface area contributed by atoms with Gasteiger partial charge in [-0.25, -0.2) is 0 Å². The molecule has 0 fully saturated rings. The van der Waals surface area contributed by atoms with Crippen molar-refractivity contribution in [3.05, 3.63) is 121 Å². The summed E-state index contributed by atoms with van der Waals surface area (Å²) in [5.41, 5.74) is 7.09. The van der Waals surface area contributed by atoms with E-state index in [0.717, 1.165) is 11.4 Å². The summed E-state index contributed by atoms with van der Waals surface area (Å²) in [4.78, 5) is 4.54. The highest BCUT2D eigenvalue weighted by Gasteiger charge is 2.17. The average Bonchev–Trinajstić information content (AvgIpc) is 2.85. The smallest absolute Gasteiger partial charge is 0.0540 e. The van der Waals surface area contributed by atoms with Gasteiger partial charge in [-0.3, -0.25) is 0 Å². The molecule has 0 saturated heterocycles. The van der Waals surface area contributed by atoms with Crippen molar-refractivity contribution in [2.75, 3.05) is 23.9 Å². The standard InChI is InChI=1S/C30H26N2/c1-31(2)30-22-26(20-21-28(30)23-12-5-3-6-13-23)32(25-16-7-4-8-17-25)29-19-11-15-24-14-9-10-18-27(24)29/h3-22H,1-2H3. The molecule has 0 amide bonds. The molecule has 0 atom stereocenters. The van der Waals surface area contributed by atoms with Crippen molar-refractivity contribution < 1.29 is 0 Å². The Morgan fingerprint density at radius 1 is 0.500 bits per heavy atom. The van der Waals surface area contributed by atoms with E-state index in [4.69, 9.17) is 0 Å². The molecule has 2 nitrogen and oxygen atoms in total. The molecule has 5 rings (SSSR count). The van der Waals surface area contributed by atoms with Crippen LogP contribution in [0.1, 0.15) is 0 Å². The maximum atomic E-state index is 2.35. The first-order chi connectivity index (χ1) is 15.7. The Hall–Kier alpha value is -4.04. The van der Waals surface area contributed by atoms with Crippen LogP contribution in [0.4, 0.5) is 22.7 Å². The lowest BCUT2D eigenvalue weighted by molar-refractivity contribution is 1.13. The lowest BCUT2D eigenvalue weighted by atomic mass is 10.0. The van der Waals surface area contributed by atoms with Gasteiger partial charge in [-0.05, 0) is 41.3 Å². The molecule has 0 radical (unpaired) electrons. The zero-order chi connectivity index (χ0) is 21.9. The van der Waals surface area contributed by atoms with Crippen LogP contribution in [-0.2, 0) is 0 Å². The van der Waals surface area contributed by atoms with E-state index in [9.17, 15) is 0 Å². The number of fused-ring (bicyclic) bond motifs is 1. The number of hydrogen-bond acceptors (Lipinski definition) is 2. The summed E-state index contributed by atoms with van der Waals surface area (Å²) in [5.74, 6) is 0. The fraction of sp³-hybridized carbons (Fsp3) is 0.0667. The molecule has 156 valence electrons. The Kier molecular flexibility index (Phi) is 5.35. The number of rotatable bonds is 5. The van der Waals surface area contributed by atoms with Gasteiger partial charge in [-0.15, -0.1) is 0 Å². The number of para-hydroxylation sites is 1. The van der Waals surface area contributed by atoms with Gasteiger partial charge in [0, 0.05) is 42.1 Å². The number of nitrogens with zero attached hydrogens (tertiary/aromatic N) is 2. The van der Waals surface area contributed by atoms with Crippen LogP contribution in [0.25, 0.3) is 21.9 Å². The van der Waals surface area contributed by atoms with E-state index < -0.39 is 0 Å². The summed E-state index contributed by atoms with van der Waals surface area (Å²) in [6.45, 7) is 0. The fourth-order valence-corrected chi connectivity index (χ4v) is 4.30. The van der Waals surface area contributed by atoms with Gasteiger partial charge >= 0.3 is 0 Å². The molecule has 0 aromatic heterocycles. The summed E-state index contributed by atoms with van der Waals surface area (Å²) < 4.78 is 0. The molecule has 0 N–H and O–H groups in total. The third-order valence-electron chi connectivity index (χ3n) is 5.83. The Morgan fingerprint density at radius 3 is 1.91 bits per heavy atom. The summed E-state index contributed by atoms with van der Waals surface area (Å²) in [5, 5.41) is 2.47. The van der Waals surface area contributed by atoms with Crippen molar-refractivity contribution in [3.8, 4) is 11.1 Å². The minimum absolute atomic E-state index is 1.14. The van der Waals surface area contributed by atoms with Crippen molar-refractivity contribution >= 4 is 33.5 Å². The molecular formula is C30H26N2. The molecule has 0 saturated carbocycles. The van der Waals surface area contributed by atoms with Crippen LogP contribution < -0.4 is 9.80 Å². The van der Waals surface area contributed by atoms with Crippen LogP contribution >= 0.6 is 0 Å². The second kappa shape index (κ2) is 8.60. The average molecular weight is 415 g/mol. The van der Waals surface area contributed by atoms with Crippen molar-refractivity contribution in [1.82, 2.24) is 0 Å². The van der Waals surface area contributed by atoms with Crippen LogP contribution in [0, 0.1) is 0 Å². The Morgan fingerprint density at radius 2 is 1.16 bits per heavy atom. The molecule has 0 aliphatic carbocycles. The highest BCUT2D eigenvalue weighted by Crippen LogP contribution is 2.42. The predicted octanol–water partition coefficient (Wildman–Crippen LogP) is 8.04. The van der Waals surface area contributed by atoms with Crippen molar-refractivity contribution in [3.63, 3.8) is 0 Å². The Balaban J connectivity index is 1.73. The summed E-state index contributed by atoms with van der Waals surface area (Å²) in [6.07, 6.45) is 0. The maximum Gasteiger partial charge on any atom is 0.0540 e. The zero-order valence-electron chi connectivity index (χ0n) is 18.4. The summed E-state index contributed by atoms with van der Waals surface area (Å²) in [6, 6.07) is 43.0. The largest absolute Gasteiger partial charge is 0.377 e. The highest BCUT2D eigenvalue weighted by molar-refractivity contribution is 5.99. The van der Waals surface area contributed by atoms with Crippen molar-refractivity contribution in [2.24, 2.45) is 0 Å². The van der Waals surface area contributed by atoms with E-state index in [0.29, 0.717) is 0 Å². The monoisotopic (exact) mass is 414 g/mol. The third kappa shape index (κ3) is 3.72. The molecule has 0 bridgehead atoms. The van der Waals surface area contributed by atoms with Crippen LogP contribution in [0.3, 0.4) is 0 Å². The van der Waals surface area contributed by atoms with Crippen LogP contribution in [0.2, 0.25) is 0 Å². The Bertz CT molecular complexity index is 1340. The second-order valence-corrected chi connectivity index (χ2v) is 8.13. The van der Waals surface area contributed by atoms with E-state index in [1.54, 1.807) is 0 Å². The normalized spacial score (nSPS) is 10.8. The minimum atomic E-state index is 1.14. The van der Waals surface area contributed by atoms with E-state index in [1.165, 1.54) is 33.3 Å².